The average molecular weight is 568 g/mol. The van der Waals surface area contributed by atoms with E-state index in [9.17, 15) is 5.11 Å². The third-order valence-electron chi connectivity index (χ3n) is 5.54. The lowest BCUT2D eigenvalue weighted by molar-refractivity contribution is 0.120. The van der Waals surface area contributed by atoms with E-state index in [1.807, 2.05) is 42.5 Å². The Labute approximate surface area is 215 Å². The first-order valence-corrected chi connectivity index (χ1v) is 11.9. The Morgan fingerprint density at radius 1 is 0.939 bits per heavy atom. The number of nitrogens with one attached hydrogen (secondary N) is 2. The molecular formula is C26H38IN3O3. The minimum Gasteiger partial charge on any atom is -0.494 e. The third-order valence-corrected chi connectivity index (χ3v) is 5.54. The van der Waals surface area contributed by atoms with Crippen LogP contribution in [0.15, 0.2) is 59.6 Å². The van der Waals surface area contributed by atoms with Gasteiger partial charge in [-0.05, 0) is 75.3 Å². The van der Waals surface area contributed by atoms with E-state index in [1.165, 1.54) is 0 Å². The Morgan fingerprint density at radius 2 is 1.61 bits per heavy atom. The number of aliphatic imine (C=N–C) groups is 1. The summed E-state index contributed by atoms with van der Waals surface area (Å²) in [6.07, 6.45) is 5.52. The first-order valence-electron chi connectivity index (χ1n) is 11.9. The van der Waals surface area contributed by atoms with Gasteiger partial charge in [-0.2, -0.15) is 0 Å². The molecule has 182 valence electrons. The summed E-state index contributed by atoms with van der Waals surface area (Å²) >= 11 is 0. The van der Waals surface area contributed by atoms with Crippen molar-refractivity contribution in [2.24, 2.45) is 4.99 Å². The molecule has 33 heavy (non-hydrogen) atoms. The summed E-state index contributed by atoms with van der Waals surface area (Å²) in [7, 11) is 0. The number of hydrogen-bond donors (Lipinski definition) is 3. The molecule has 6 nitrogen and oxygen atoms in total. The summed E-state index contributed by atoms with van der Waals surface area (Å²) in [5, 5.41) is 16.5. The van der Waals surface area contributed by atoms with Crippen LogP contribution in [0.2, 0.25) is 0 Å². The highest BCUT2D eigenvalue weighted by atomic mass is 127. The number of halogens is 1. The van der Waals surface area contributed by atoms with E-state index in [0.29, 0.717) is 19.3 Å². The van der Waals surface area contributed by atoms with Crippen LogP contribution >= 0.6 is 24.0 Å². The van der Waals surface area contributed by atoms with E-state index < -0.39 is 0 Å². The molecule has 0 spiro atoms. The molecule has 3 N–H and O–H groups in total. The Morgan fingerprint density at radius 3 is 2.27 bits per heavy atom. The molecule has 0 saturated heterocycles. The molecule has 1 fully saturated rings. The molecule has 1 saturated carbocycles. The zero-order valence-electron chi connectivity index (χ0n) is 19.5. The summed E-state index contributed by atoms with van der Waals surface area (Å²) in [5.41, 5.74) is 1.15. The van der Waals surface area contributed by atoms with Crippen molar-refractivity contribution in [3.05, 3.63) is 60.2 Å². The predicted molar refractivity (Wildman–Crippen MR) is 145 cm³/mol. The molecule has 2 aromatic rings. The fraction of sp³-hybridized carbons (Fsp3) is 0.500. The number of hydrogen-bond acceptors (Lipinski definition) is 4. The predicted octanol–water partition coefficient (Wildman–Crippen LogP) is 4.90. The molecule has 0 aromatic heterocycles. The number of guanidine groups is 1. The molecule has 3 rings (SSSR count). The van der Waals surface area contributed by atoms with E-state index in [1.54, 1.807) is 0 Å². The zero-order valence-corrected chi connectivity index (χ0v) is 21.9. The average Bonchev–Trinajstić information content (AvgIpc) is 2.83. The summed E-state index contributed by atoms with van der Waals surface area (Å²) < 4.78 is 11.7. The van der Waals surface area contributed by atoms with Crippen molar-refractivity contribution >= 4 is 29.9 Å². The van der Waals surface area contributed by atoms with Gasteiger partial charge in [0.2, 0.25) is 0 Å². The van der Waals surface area contributed by atoms with Gasteiger partial charge in [-0.25, -0.2) is 0 Å². The maximum Gasteiger partial charge on any atom is 0.191 e. The standard InChI is InChI=1S/C26H37N3O3.HI/c1-2-27-26(29-22-10-12-23(30)13-11-22)28-18-6-7-19-31-24-14-16-25(17-15-24)32-20-21-8-4-3-5-9-21;/h3-5,8-9,14-17,22-23,30H,2,6-7,10-13,18-20H2,1H3,(H2,27,28,29);1H. The van der Waals surface area contributed by atoms with Gasteiger partial charge in [0.1, 0.15) is 18.1 Å². The van der Waals surface area contributed by atoms with Crippen LogP contribution in [0.5, 0.6) is 11.5 Å². The van der Waals surface area contributed by atoms with E-state index in [2.05, 4.69) is 34.7 Å². The molecule has 0 radical (unpaired) electrons. The zero-order chi connectivity index (χ0) is 22.4. The van der Waals surface area contributed by atoms with Crippen LogP contribution < -0.4 is 20.1 Å². The van der Waals surface area contributed by atoms with E-state index in [-0.39, 0.29) is 30.1 Å². The number of nitrogens with zero attached hydrogens (tertiary/aromatic N) is 1. The van der Waals surface area contributed by atoms with Crippen LogP contribution in [-0.4, -0.2) is 42.9 Å². The quantitative estimate of drug-likeness (QED) is 0.156. The third kappa shape index (κ3) is 10.6. The van der Waals surface area contributed by atoms with Crippen molar-refractivity contribution in [2.75, 3.05) is 19.7 Å². The number of aliphatic hydroxyl groups excluding tert-OH is 1. The SMILES string of the molecule is CCNC(=NCCCCOc1ccc(OCc2ccccc2)cc1)NC1CCC(O)CC1.I. The maximum absolute atomic E-state index is 9.66. The highest BCUT2D eigenvalue weighted by Crippen LogP contribution is 2.19. The van der Waals surface area contributed by atoms with E-state index >= 15 is 0 Å². The molecule has 1 aliphatic rings. The highest BCUT2D eigenvalue weighted by molar-refractivity contribution is 14.0. The van der Waals surface area contributed by atoms with Crippen molar-refractivity contribution < 1.29 is 14.6 Å². The maximum atomic E-state index is 9.66. The van der Waals surface area contributed by atoms with Crippen molar-refractivity contribution in [3.8, 4) is 11.5 Å². The molecule has 0 amide bonds. The van der Waals surface area contributed by atoms with Gasteiger partial charge in [0.05, 0.1) is 12.7 Å². The normalized spacial score (nSPS) is 18.2. The van der Waals surface area contributed by atoms with Gasteiger partial charge in [-0.15, -0.1) is 24.0 Å². The smallest absolute Gasteiger partial charge is 0.191 e. The van der Waals surface area contributed by atoms with Crippen molar-refractivity contribution in [2.45, 2.75) is 64.2 Å². The number of aliphatic hydroxyl groups is 1. The molecule has 0 heterocycles. The van der Waals surface area contributed by atoms with Crippen LogP contribution in [0.3, 0.4) is 0 Å². The molecule has 0 atom stereocenters. The number of benzene rings is 2. The molecule has 2 aromatic carbocycles. The minimum atomic E-state index is -0.134. The molecule has 7 heteroatoms. The van der Waals surface area contributed by atoms with Crippen LogP contribution in [0.1, 0.15) is 51.0 Å². The van der Waals surface area contributed by atoms with Gasteiger partial charge < -0.3 is 25.2 Å². The van der Waals surface area contributed by atoms with Gasteiger partial charge in [-0.3, -0.25) is 4.99 Å². The second-order valence-electron chi connectivity index (χ2n) is 8.21. The first kappa shape index (κ1) is 27.2. The van der Waals surface area contributed by atoms with Gasteiger partial charge >= 0.3 is 0 Å². The van der Waals surface area contributed by atoms with Crippen molar-refractivity contribution in [1.29, 1.82) is 0 Å². The second-order valence-corrected chi connectivity index (χ2v) is 8.21. The number of unbranched alkanes of at least 4 members (excludes halogenated alkanes) is 1. The summed E-state index contributed by atoms with van der Waals surface area (Å²) in [6, 6.07) is 18.3. The van der Waals surface area contributed by atoms with Gasteiger partial charge in [-0.1, -0.05) is 30.3 Å². The topological polar surface area (TPSA) is 75.1 Å². The lowest BCUT2D eigenvalue weighted by Crippen LogP contribution is -2.45. The Kier molecular flexibility index (Phi) is 13.0. The Hall–Kier alpha value is -2.00. The summed E-state index contributed by atoms with van der Waals surface area (Å²) in [6.45, 7) is 4.92. The molecule has 0 unspecified atom stereocenters. The largest absolute Gasteiger partial charge is 0.494 e. The lowest BCUT2D eigenvalue weighted by Gasteiger charge is -2.27. The summed E-state index contributed by atoms with van der Waals surface area (Å²) in [5.74, 6) is 2.57. The highest BCUT2D eigenvalue weighted by Gasteiger charge is 2.19. The van der Waals surface area contributed by atoms with Crippen molar-refractivity contribution in [1.82, 2.24) is 10.6 Å². The second kappa shape index (κ2) is 15.8. The molecule has 0 aliphatic heterocycles. The lowest BCUT2D eigenvalue weighted by atomic mass is 9.93. The minimum absolute atomic E-state index is 0. The molecule has 1 aliphatic carbocycles. The Balaban J connectivity index is 0.00000385. The number of ether oxygens (including phenoxy) is 2. The van der Waals surface area contributed by atoms with Crippen LogP contribution in [0.4, 0.5) is 0 Å². The first-order chi connectivity index (χ1) is 15.7. The van der Waals surface area contributed by atoms with Crippen LogP contribution in [-0.2, 0) is 6.61 Å². The van der Waals surface area contributed by atoms with Crippen LogP contribution in [0.25, 0.3) is 0 Å². The fourth-order valence-electron chi connectivity index (χ4n) is 3.70. The van der Waals surface area contributed by atoms with Crippen LogP contribution in [0, 0.1) is 0 Å². The van der Waals surface area contributed by atoms with Gasteiger partial charge in [0, 0.05) is 19.1 Å². The summed E-state index contributed by atoms with van der Waals surface area (Å²) in [4.78, 5) is 4.69. The number of rotatable bonds is 11. The van der Waals surface area contributed by atoms with E-state index in [0.717, 1.165) is 74.6 Å². The molecule has 0 bridgehead atoms. The fourth-order valence-corrected chi connectivity index (χ4v) is 3.70. The van der Waals surface area contributed by atoms with Gasteiger partial charge in [0.25, 0.3) is 0 Å². The van der Waals surface area contributed by atoms with Crippen molar-refractivity contribution in [3.63, 3.8) is 0 Å². The Bertz CT molecular complexity index is 794. The monoisotopic (exact) mass is 567 g/mol. The molecular weight excluding hydrogens is 529 g/mol. The van der Waals surface area contributed by atoms with E-state index in [4.69, 9.17) is 9.47 Å². The van der Waals surface area contributed by atoms with Gasteiger partial charge in [0.15, 0.2) is 5.96 Å².